The van der Waals surface area contributed by atoms with Crippen LogP contribution in [-0.4, -0.2) is 93.8 Å². The van der Waals surface area contributed by atoms with Gasteiger partial charge in [-0.15, -0.1) is 0 Å². The Balaban J connectivity index is 1.35. The molecule has 0 aromatic rings. The SMILES string of the molecule is COC1CCC(C2CCC(O)C3C(O)C4C(O)[C@]5(C)C(O)C(C(C)O)C(C)C[C@]5(C)[C@@H](C)[C@]4(C)[C@@H](C)C23)CC1CN1CCCC1. The van der Waals surface area contributed by atoms with E-state index in [1.807, 2.05) is 14.0 Å². The zero-order valence-electron chi connectivity index (χ0n) is 29.6. The van der Waals surface area contributed by atoms with Crippen molar-refractivity contribution in [3.05, 3.63) is 0 Å². The highest BCUT2D eigenvalue weighted by Gasteiger charge is 2.75. The lowest BCUT2D eigenvalue weighted by Crippen LogP contribution is -2.77. The molecule has 6 aliphatic rings. The van der Waals surface area contributed by atoms with Crippen LogP contribution in [0, 0.1) is 75.4 Å². The summed E-state index contributed by atoms with van der Waals surface area (Å²) in [6.07, 6.45) is 4.83. The van der Waals surface area contributed by atoms with Crippen LogP contribution in [0.2, 0.25) is 0 Å². The number of rotatable bonds is 5. The Kier molecular flexibility index (Phi) is 9.41. The standard InChI is InChI=1S/C38H67NO6/c1-20-18-36(5)23(4)37(6)21(2)30-26(24-11-14-28(45-8)25(17-24)19-39-15-9-10-16-39)12-13-27(41)31(30)33(42)32(37)35(44)38(36,7)34(43)29(20)22(3)40/h20-35,40-44H,9-19H2,1-8H3/t20?,21-,22?,23+,24?,25?,26?,27?,28?,29?,30?,31?,32?,33?,34?,35?,36+,37-,38-/m0/s1. The highest BCUT2D eigenvalue weighted by molar-refractivity contribution is 5.23. The van der Waals surface area contributed by atoms with Gasteiger partial charge in [0, 0.05) is 36.8 Å². The van der Waals surface area contributed by atoms with Gasteiger partial charge in [-0.2, -0.15) is 0 Å². The van der Waals surface area contributed by atoms with Crippen molar-refractivity contribution in [2.24, 2.45) is 75.4 Å². The first-order valence-electron chi connectivity index (χ1n) is 18.8. The van der Waals surface area contributed by atoms with E-state index in [1.54, 1.807) is 6.92 Å². The summed E-state index contributed by atoms with van der Waals surface area (Å²) in [6.45, 7) is 18.7. The molecule has 6 rings (SSSR count). The van der Waals surface area contributed by atoms with Crippen molar-refractivity contribution >= 4 is 0 Å². The van der Waals surface area contributed by atoms with Gasteiger partial charge in [0.25, 0.3) is 0 Å². The van der Waals surface area contributed by atoms with E-state index in [0.717, 1.165) is 38.6 Å². The quantitative estimate of drug-likeness (QED) is 0.302. The maximum absolute atomic E-state index is 12.6. The molecule has 1 heterocycles. The number of hydrogen-bond acceptors (Lipinski definition) is 7. The van der Waals surface area contributed by atoms with Crippen LogP contribution in [0.1, 0.15) is 99.8 Å². The van der Waals surface area contributed by atoms with Crippen LogP contribution in [0.3, 0.4) is 0 Å². The number of fused-ring (bicyclic) bond motifs is 3. The minimum atomic E-state index is -0.944. The van der Waals surface area contributed by atoms with Crippen LogP contribution in [0.5, 0.6) is 0 Å². The summed E-state index contributed by atoms with van der Waals surface area (Å²) < 4.78 is 6.06. The molecular formula is C38H67NO6. The molecule has 0 aromatic heterocycles. The van der Waals surface area contributed by atoms with Crippen molar-refractivity contribution < 1.29 is 30.3 Å². The molecule has 14 unspecified atom stereocenters. The fourth-order valence-corrected chi connectivity index (χ4v) is 14.0. The minimum absolute atomic E-state index is 0.109. The van der Waals surface area contributed by atoms with Crippen LogP contribution >= 0.6 is 0 Å². The lowest BCUT2D eigenvalue weighted by atomic mass is 9.31. The summed E-state index contributed by atoms with van der Waals surface area (Å²) in [5, 5.41) is 59.5. The molecule has 19 atom stereocenters. The summed E-state index contributed by atoms with van der Waals surface area (Å²) in [5.74, 6) is 1.03. The fraction of sp³-hybridized carbons (Fsp3) is 1.00. The van der Waals surface area contributed by atoms with Crippen molar-refractivity contribution in [3.63, 3.8) is 0 Å². The molecule has 1 saturated heterocycles. The third-order valence-electron chi connectivity index (χ3n) is 16.8. The summed E-state index contributed by atoms with van der Waals surface area (Å²) >= 11 is 0. The first kappa shape index (κ1) is 34.6. The van der Waals surface area contributed by atoms with Gasteiger partial charge in [-0.05, 0) is 124 Å². The van der Waals surface area contributed by atoms with Gasteiger partial charge in [-0.25, -0.2) is 0 Å². The molecule has 0 amide bonds. The number of aliphatic hydroxyl groups excluding tert-OH is 5. The Morgan fingerprint density at radius 3 is 2.18 bits per heavy atom. The number of likely N-dealkylation sites (tertiary alicyclic amines) is 1. The highest BCUT2D eigenvalue weighted by atomic mass is 16.5. The number of hydrogen-bond donors (Lipinski definition) is 5. The monoisotopic (exact) mass is 633 g/mol. The second-order valence-corrected chi connectivity index (χ2v) is 18.1. The molecule has 6 fully saturated rings. The molecule has 260 valence electrons. The van der Waals surface area contributed by atoms with Gasteiger partial charge in [0.1, 0.15) is 0 Å². The van der Waals surface area contributed by atoms with Gasteiger partial charge in [-0.3, -0.25) is 0 Å². The molecule has 7 nitrogen and oxygen atoms in total. The van der Waals surface area contributed by atoms with Gasteiger partial charge in [0.15, 0.2) is 0 Å². The Morgan fingerprint density at radius 1 is 0.889 bits per heavy atom. The van der Waals surface area contributed by atoms with Crippen LogP contribution < -0.4 is 0 Å². The second kappa shape index (κ2) is 12.2. The first-order valence-corrected chi connectivity index (χ1v) is 18.8. The van der Waals surface area contributed by atoms with E-state index < -0.39 is 41.9 Å². The summed E-state index contributed by atoms with van der Waals surface area (Å²) in [6, 6.07) is 0. The summed E-state index contributed by atoms with van der Waals surface area (Å²) in [4.78, 5) is 2.63. The van der Waals surface area contributed by atoms with Gasteiger partial charge < -0.3 is 35.2 Å². The van der Waals surface area contributed by atoms with Crippen LogP contribution in [0.4, 0.5) is 0 Å². The third kappa shape index (κ3) is 4.89. The molecule has 0 radical (unpaired) electrons. The largest absolute Gasteiger partial charge is 0.393 e. The fourth-order valence-electron chi connectivity index (χ4n) is 14.0. The predicted octanol–water partition coefficient (Wildman–Crippen LogP) is 4.57. The Bertz CT molecular complexity index is 1050. The highest BCUT2D eigenvalue weighted by Crippen LogP contribution is 2.74. The zero-order valence-corrected chi connectivity index (χ0v) is 29.6. The lowest BCUT2D eigenvalue weighted by molar-refractivity contribution is -0.336. The average molecular weight is 634 g/mol. The first-order chi connectivity index (χ1) is 21.1. The average Bonchev–Trinajstić information content (AvgIpc) is 3.50. The van der Waals surface area contributed by atoms with Crippen LogP contribution in [0.15, 0.2) is 0 Å². The van der Waals surface area contributed by atoms with Crippen molar-refractivity contribution in [1.29, 1.82) is 0 Å². The molecule has 0 bridgehead atoms. The molecule has 5 N–H and O–H groups in total. The van der Waals surface area contributed by atoms with E-state index in [-0.39, 0.29) is 46.3 Å². The van der Waals surface area contributed by atoms with Crippen molar-refractivity contribution in [2.75, 3.05) is 26.7 Å². The summed E-state index contributed by atoms with van der Waals surface area (Å²) in [5.41, 5.74) is -1.65. The molecule has 1 aliphatic heterocycles. The lowest BCUT2D eigenvalue weighted by Gasteiger charge is -2.75. The van der Waals surface area contributed by atoms with Crippen molar-refractivity contribution in [3.8, 4) is 0 Å². The normalized spacial score (nSPS) is 57.9. The number of aliphatic hydroxyl groups is 5. The molecule has 7 heteroatoms. The van der Waals surface area contributed by atoms with Crippen LogP contribution in [0.25, 0.3) is 0 Å². The number of methoxy groups -OCH3 is 1. The van der Waals surface area contributed by atoms with E-state index in [0.29, 0.717) is 30.3 Å². The minimum Gasteiger partial charge on any atom is -0.393 e. The third-order valence-corrected chi connectivity index (χ3v) is 16.8. The Hall–Kier alpha value is -0.280. The van der Waals surface area contributed by atoms with E-state index >= 15 is 0 Å². The Labute approximate surface area is 273 Å². The van der Waals surface area contributed by atoms with Gasteiger partial charge in [-0.1, -0.05) is 41.5 Å². The Morgan fingerprint density at radius 2 is 1.56 bits per heavy atom. The van der Waals surface area contributed by atoms with E-state index in [1.165, 1.54) is 25.9 Å². The molecule has 5 saturated carbocycles. The van der Waals surface area contributed by atoms with E-state index in [2.05, 4.69) is 39.5 Å². The summed E-state index contributed by atoms with van der Waals surface area (Å²) in [7, 11) is 1.88. The van der Waals surface area contributed by atoms with E-state index in [9.17, 15) is 25.5 Å². The maximum atomic E-state index is 12.6. The second-order valence-electron chi connectivity index (χ2n) is 18.1. The molecular weight excluding hydrogens is 566 g/mol. The van der Waals surface area contributed by atoms with Gasteiger partial charge in [0.05, 0.1) is 36.6 Å². The number of ether oxygens (including phenoxy) is 1. The molecule has 45 heavy (non-hydrogen) atoms. The smallest absolute Gasteiger partial charge is 0.0682 e. The zero-order chi connectivity index (χ0) is 32.8. The topological polar surface area (TPSA) is 114 Å². The van der Waals surface area contributed by atoms with Gasteiger partial charge >= 0.3 is 0 Å². The van der Waals surface area contributed by atoms with Crippen molar-refractivity contribution in [1.82, 2.24) is 4.90 Å². The maximum Gasteiger partial charge on any atom is 0.0682 e. The molecule has 0 aromatic carbocycles. The van der Waals surface area contributed by atoms with Crippen LogP contribution in [-0.2, 0) is 4.74 Å². The van der Waals surface area contributed by atoms with Gasteiger partial charge in [0.2, 0.25) is 0 Å². The molecule has 5 aliphatic carbocycles. The number of nitrogens with zero attached hydrogens (tertiary/aromatic N) is 1. The molecule has 0 spiro atoms. The van der Waals surface area contributed by atoms with E-state index in [4.69, 9.17) is 4.74 Å². The predicted molar refractivity (Wildman–Crippen MR) is 176 cm³/mol. The van der Waals surface area contributed by atoms with Crippen molar-refractivity contribution in [2.45, 2.75) is 136 Å².